The Morgan fingerprint density at radius 3 is 2.55 bits per heavy atom. The summed E-state index contributed by atoms with van der Waals surface area (Å²) in [5.74, 6) is 0.744. The van der Waals surface area contributed by atoms with Gasteiger partial charge in [0.25, 0.3) is 16.8 Å². The summed E-state index contributed by atoms with van der Waals surface area (Å²) in [6, 6.07) is 10.9. The van der Waals surface area contributed by atoms with E-state index in [0.717, 1.165) is 17.8 Å². The largest absolute Gasteiger partial charge is 0.496 e. The van der Waals surface area contributed by atoms with E-state index < -0.39 is 14.9 Å². The standard InChI is InChI=1S/C20H21N5O6S2/c1-23-9-11-24(12-10-23)33(28,29)14-7-8-18(16(13-14)25(26)27)32-20-22-21-19(31-20)15-5-3-4-6-17(15)30-2/h3-8,13H,9-12H2,1-2H3. The second kappa shape index (κ2) is 9.47. The van der Waals surface area contributed by atoms with Gasteiger partial charge in [0, 0.05) is 32.2 Å². The minimum absolute atomic E-state index is 0.0775. The van der Waals surface area contributed by atoms with Gasteiger partial charge in [-0.3, -0.25) is 10.1 Å². The van der Waals surface area contributed by atoms with E-state index >= 15 is 0 Å². The maximum Gasteiger partial charge on any atom is 0.284 e. The number of piperazine rings is 1. The number of nitrogens with zero attached hydrogens (tertiary/aromatic N) is 5. The van der Waals surface area contributed by atoms with Gasteiger partial charge in [-0.2, -0.15) is 4.31 Å². The molecule has 2 aromatic carbocycles. The first-order valence-corrected chi connectivity index (χ1v) is 12.2. The van der Waals surface area contributed by atoms with Crippen LogP contribution in [0.15, 0.2) is 61.9 Å². The molecule has 11 nitrogen and oxygen atoms in total. The number of aromatic nitrogens is 2. The van der Waals surface area contributed by atoms with Gasteiger partial charge in [0.05, 0.1) is 27.4 Å². The molecule has 0 atom stereocenters. The van der Waals surface area contributed by atoms with Gasteiger partial charge in [-0.1, -0.05) is 12.1 Å². The van der Waals surface area contributed by atoms with Gasteiger partial charge in [-0.15, -0.1) is 10.2 Å². The Morgan fingerprint density at radius 1 is 1.12 bits per heavy atom. The number of methoxy groups -OCH3 is 1. The number of nitro benzene ring substituents is 1. The van der Waals surface area contributed by atoms with E-state index in [0.29, 0.717) is 37.5 Å². The van der Waals surface area contributed by atoms with Gasteiger partial charge in [0.15, 0.2) is 0 Å². The molecule has 13 heteroatoms. The number of sulfonamides is 1. The third kappa shape index (κ3) is 4.85. The molecule has 3 aromatic rings. The molecule has 1 saturated heterocycles. The summed E-state index contributed by atoms with van der Waals surface area (Å²) in [7, 11) is -0.409. The number of likely N-dealkylation sites (N-methyl/N-ethyl adjacent to an activating group) is 1. The minimum Gasteiger partial charge on any atom is -0.496 e. The predicted octanol–water partition coefficient (Wildman–Crippen LogP) is 2.74. The zero-order valence-electron chi connectivity index (χ0n) is 17.9. The highest BCUT2D eigenvalue weighted by atomic mass is 32.2. The number of benzene rings is 2. The molecule has 0 unspecified atom stereocenters. The van der Waals surface area contributed by atoms with E-state index in [1.54, 1.807) is 24.3 Å². The van der Waals surface area contributed by atoms with Crippen molar-refractivity contribution >= 4 is 27.5 Å². The van der Waals surface area contributed by atoms with Crippen molar-refractivity contribution < 1.29 is 22.5 Å². The van der Waals surface area contributed by atoms with Crippen LogP contribution in [0.3, 0.4) is 0 Å². The van der Waals surface area contributed by atoms with Crippen molar-refractivity contribution in [2.45, 2.75) is 15.0 Å². The van der Waals surface area contributed by atoms with Crippen molar-refractivity contribution in [2.24, 2.45) is 0 Å². The normalized spacial score (nSPS) is 15.5. The van der Waals surface area contributed by atoms with Crippen LogP contribution >= 0.6 is 11.8 Å². The first kappa shape index (κ1) is 23.2. The topological polar surface area (TPSA) is 132 Å². The minimum atomic E-state index is -3.84. The van der Waals surface area contributed by atoms with Gasteiger partial charge < -0.3 is 14.1 Å². The van der Waals surface area contributed by atoms with E-state index in [1.165, 1.54) is 23.5 Å². The Bertz CT molecular complexity index is 1270. The zero-order chi connectivity index (χ0) is 23.6. The van der Waals surface area contributed by atoms with Crippen molar-refractivity contribution in [1.29, 1.82) is 0 Å². The lowest BCUT2D eigenvalue weighted by Crippen LogP contribution is -2.47. The highest BCUT2D eigenvalue weighted by Gasteiger charge is 2.30. The van der Waals surface area contributed by atoms with Crippen molar-refractivity contribution in [2.75, 3.05) is 40.3 Å². The summed E-state index contributed by atoms with van der Waals surface area (Å²) in [4.78, 5) is 13.2. The highest BCUT2D eigenvalue weighted by molar-refractivity contribution is 7.99. The van der Waals surface area contributed by atoms with Crippen LogP contribution in [-0.2, 0) is 10.0 Å². The molecule has 0 radical (unpaired) electrons. The molecular weight excluding hydrogens is 470 g/mol. The summed E-state index contributed by atoms with van der Waals surface area (Å²) in [5.41, 5.74) is 0.231. The molecule has 1 aliphatic heterocycles. The summed E-state index contributed by atoms with van der Waals surface area (Å²) in [6.45, 7) is 1.86. The number of para-hydroxylation sites is 1. The lowest BCUT2D eigenvalue weighted by Gasteiger charge is -2.31. The van der Waals surface area contributed by atoms with Gasteiger partial charge in [0.1, 0.15) is 5.75 Å². The third-order valence-corrected chi connectivity index (χ3v) is 7.97. The Balaban J connectivity index is 1.61. The molecule has 1 aromatic heterocycles. The van der Waals surface area contributed by atoms with E-state index in [9.17, 15) is 18.5 Å². The molecule has 0 amide bonds. The fourth-order valence-electron chi connectivity index (χ4n) is 3.34. The van der Waals surface area contributed by atoms with Crippen molar-refractivity contribution in [3.05, 3.63) is 52.6 Å². The van der Waals surface area contributed by atoms with Gasteiger partial charge in [0.2, 0.25) is 10.0 Å². The maximum atomic E-state index is 13.0. The second-order valence-corrected chi connectivity index (χ2v) is 10.2. The first-order valence-electron chi connectivity index (χ1n) is 9.91. The average Bonchev–Trinajstić information content (AvgIpc) is 3.27. The predicted molar refractivity (Wildman–Crippen MR) is 120 cm³/mol. The van der Waals surface area contributed by atoms with Gasteiger partial charge in [-0.25, -0.2) is 8.42 Å². The van der Waals surface area contributed by atoms with E-state index in [1.807, 2.05) is 11.9 Å². The quantitative estimate of drug-likeness (QED) is 0.359. The van der Waals surface area contributed by atoms with Crippen molar-refractivity contribution in [3.8, 4) is 17.2 Å². The van der Waals surface area contributed by atoms with E-state index in [2.05, 4.69) is 10.2 Å². The molecule has 2 heterocycles. The number of hydrogen-bond acceptors (Lipinski definition) is 10. The number of nitro groups is 1. The average molecular weight is 492 g/mol. The molecule has 0 N–H and O–H groups in total. The van der Waals surface area contributed by atoms with Crippen molar-refractivity contribution in [3.63, 3.8) is 0 Å². The summed E-state index contributed by atoms with van der Waals surface area (Å²) in [5, 5.41) is 19.7. The number of ether oxygens (including phenoxy) is 1. The molecule has 0 saturated carbocycles. The van der Waals surface area contributed by atoms with Crippen LogP contribution in [0, 0.1) is 10.1 Å². The maximum absolute atomic E-state index is 13.0. The molecule has 1 fully saturated rings. The lowest BCUT2D eigenvalue weighted by molar-refractivity contribution is -0.388. The second-order valence-electron chi connectivity index (χ2n) is 7.27. The molecule has 0 spiro atoms. The Labute approximate surface area is 194 Å². The van der Waals surface area contributed by atoms with Crippen LogP contribution in [0.4, 0.5) is 5.69 Å². The third-order valence-electron chi connectivity index (χ3n) is 5.17. The fourth-order valence-corrected chi connectivity index (χ4v) is 5.55. The SMILES string of the molecule is COc1ccccc1-c1nnc(Sc2ccc(S(=O)(=O)N3CCN(C)CC3)cc2[N+](=O)[O-])o1. The molecule has 4 rings (SSSR count). The lowest BCUT2D eigenvalue weighted by atomic mass is 10.2. The van der Waals surface area contributed by atoms with Gasteiger partial charge >= 0.3 is 0 Å². The monoisotopic (exact) mass is 491 g/mol. The first-order chi connectivity index (χ1) is 15.8. The van der Waals surface area contributed by atoms with Crippen LogP contribution < -0.4 is 4.74 Å². The summed E-state index contributed by atoms with van der Waals surface area (Å²) < 4.78 is 38.3. The van der Waals surface area contributed by atoms with Crippen LogP contribution in [0.25, 0.3) is 11.5 Å². The summed E-state index contributed by atoms with van der Waals surface area (Å²) in [6.07, 6.45) is 0. The van der Waals surface area contributed by atoms with Crippen molar-refractivity contribution in [1.82, 2.24) is 19.4 Å². The molecular formula is C20H21N5O6S2. The smallest absolute Gasteiger partial charge is 0.284 e. The molecule has 33 heavy (non-hydrogen) atoms. The van der Waals surface area contributed by atoms with E-state index in [4.69, 9.17) is 9.15 Å². The Morgan fingerprint density at radius 2 is 1.85 bits per heavy atom. The molecule has 0 bridgehead atoms. The van der Waals surface area contributed by atoms with Crippen LogP contribution in [-0.4, -0.2) is 73.1 Å². The molecule has 174 valence electrons. The number of rotatable bonds is 7. The highest BCUT2D eigenvalue weighted by Crippen LogP contribution is 2.38. The van der Waals surface area contributed by atoms with Gasteiger partial charge in [-0.05, 0) is 43.1 Å². The summed E-state index contributed by atoms with van der Waals surface area (Å²) >= 11 is 0.889. The van der Waals surface area contributed by atoms with E-state index in [-0.39, 0.29) is 26.6 Å². The Kier molecular flexibility index (Phi) is 6.65. The van der Waals surface area contributed by atoms with Crippen LogP contribution in [0.5, 0.6) is 5.75 Å². The molecule has 1 aliphatic rings. The number of hydrogen-bond donors (Lipinski definition) is 0. The molecule has 0 aliphatic carbocycles. The van der Waals surface area contributed by atoms with Crippen LogP contribution in [0.2, 0.25) is 0 Å². The van der Waals surface area contributed by atoms with Crippen LogP contribution in [0.1, 0.15) is 0 Å². The Hall–Kier alpha value is -3.00. The fraction of sp³-hybridized carbons (Fsp3) is 0.300. The zero-order valence-corrected chi connectivity index (χ0v) is 19.5.